The van der Waals surface area contributed by atoms with E-state index in [0.717, 1.165) is 17.1 Å². The van der Waals surface area contributed by atoms with Crippen LogP contribution < -0.4 is 5.32 Å². The first kappa shape index (κ1) is 16.3. The van der Waals surface area contributed by atoms with E-state index < -0.39 is 0 Å². The number of nitrogens with zero attached hydrogens (tertiary/aromatic N) is 2. The molecule has 0 fully saturated rings. The molecule has 3 rings (SSSR count). The summed E-state index contributed by atoms with van der Waals surface area (Å²) in [4.78, 5) is 13.6. The van der Waals surface area contributed by atoms with Gasteiger partial charge in [0.2, 0.25) is 0 Å². The Hall–Kier alpha value is -2.53. The maximum Gasteiger partial charge on any atom is 0.254 e. The van der Waals surface area contributed by atoms with Crippen molar-refractivity contribution in [3.63, 3.8) is 0 Å². The first-order valence-corrected chi connectivity index (χ1v) is 8.80. The number of carbonyl (C=O) groups is 1. The Morgan fingerprint density at radius 3 is 2.46 bits per heavy atom. The standard InChI is InChI=1S/C19H19N3OS/c1-15-18(14-21-22(15)16-8-4-2-5-9-16)19(23)20-12-13-24-17-10-6-3-7-11-17/h2-11,14H,12-13H2,1H3,(H,20,23). The van der Waals surface area contributed by atoms with Crippen LogP contribution in [0.5, 0.6) is 0 Å². The molecule has 122 valence electrons. The minimum Gasteiger partial charge on any atom is -0.351 e. The molecule has 0 atom stereocenters. The van der Waals surface area contributed by atoms with Gasteiger partial charge < -0.3 is 5.32 Å². The number of para-hydroxylation sites is 1. The van der Waals surface area contributed by atoms with Crippen LogP contribution in [0, 0.1) is 6.92 Å². The summed E-state index contributed by atoms with van der Waals surface area (Å²) in [5.74, 6) is 0.755. The maximum atomic E-state index is 12.3. The van der Waals surface area contributed by atoms with Gasteiger partial charge in [0.25, 0.3) is 5.91 Å². The van der Waals surface area contributed by atoms with E-state index in [1.807, 2.05) is 55.5 Å². The van der Waals surface area contributed by atoms with E-state index >= 15 is 0 Å². The van der Waals surface area contributed by atoms with Gasteiger partial charge in [-0.25, -0.2) is 4.68 Å². The predicted molar refractivity (Wildman–Crippen MR) is 97.8 cm³/mol. The molecule has 0 radical (unpaired) electrons. The van der Waals surface area contributed by atoms with Crippen LogP contribution in [0.1, 0.15) is 16.1 Å². The molecule has 0 aliphatic rings. The van der Waals surface area contributed by atoms with Gasteiger partial charge in [-0.2, -0.15) is 5.10 Å². The number of hydrogen-bond acceptors (Lipinski definition) is 3. The Balaban J connectivity index is 1.57. The number of carbonyl (C=O) groups excluding carboxylic acids is 1. The van der Waals surface area contributed by atoms with Crippen LogP contribution in [0.25, 0.3) is 5.69 Å². The van der Waals surface area contributed by atoms with Crippen LogP contribution in [0.4, 0.5) is 0 Å². The summed E-state index contributed by atoms with van der Waals surface area (Å²) in [5.41, 5.74) is 2.41. The van der Waals surface area contributed by atoms with Crippen molar-refractivity contribution in [2.24, 2.45) is 0 Å². The highest BCUT2D eigenvalue weighted by Crippen LogP contribution is 2.16. The Kier molecular flexibility index (Phi) is 5.33. The molecule has 0 saturated heterocycles. The first-order chi connectivity index (χ1) is 11.8. The molecule has 1 N–H and O–H groups in total. The summed E-state index contributed by atoms with van der Waals surface area (Å²) in [6.45, 7) is 2.53. The van der Waals surface area contributed by atoms with E-state index in [0.29, 0.717) is 12.1 Å². The molecule has 0 aliphatic heterocycles. The average Bonchev–Trinajstić information content (AvgIpc) is 3.02. The lowest BCUT2D eigenvalue weighted by molar-refractivity contribution is 0.0955. The van der Waals surface area contributed by atoms with E-state index in [-0.39, 0.29) is 5.91 Å². The summed E-state index contributed by atoms with van der Waals surface area (Å²) in [5, 5.41) is 7.30. The molecule has 4 nitrogen and oxygen atoms in total. The molecular formula is C19H19N3OS. The largest absolute Gasteiger partial charge is 0.351 e. The van der Waals surface area contributed by atoms with Crippen molar-refractivity contribution >= 4 is 17.7 Å². The quantitative estimate of drug-likeness (QED) is 0.551. The molecule has 0 aliphatic carbocycles. The molecule has 0 saturated carbocycles. The first-order valence-electron chi connectivity index (χ1n) is 7.82. The lowest BCUT2D eigenvalue weighted by Gasteiger charge is -2.06. The second kappa shape index (κ2) is 7.84. The zero-order valence-corrected chi connectivity index (χ0v) is 14.3. The minimum absolute atomic E-state index is 0.0802. The van der Waals surface area contributed by atoms with E-state index in [1.165, 1.54) is 4.90 Å². The molecule has 0 unspecified atom stereocenters. The van der Waals surface area contributed by atoms with E-state index in [2.05, 4.69) is 22.5 Å². The van der Waals surface area contributed by atoms with Gasteiger partial charge in [-0.05, 0) is 31.2 Å². The lowest BCUT2D eigenvalue weighted by atomic mass is 10.2. The monoisotopic (exact) mass is 337 g/mol. The minimum atomic E-state index is -0.0802. The summed E-state index contributed by atoms with van der Waals surface area (Å²) in [6, 6.07) is 20.0. The fourth-order valence-electron chi connectivity index (χ4n) is 2.41. The van der Waals surface area contributed by atoms with Gasteiger partial charge in [0, 0.05) is 17.2 Å². The van der Waals surface area contributed by atoms with Crippen molar-refractivity contribution in [1.82, 2.24) is 15.1 Å². The Labute approximate surface area is 145 Å². The molecule has 1 amide bonds. The van der Waals surface area contributed by atoms with Crippen LogP contribution >= 0.6 is 11.8 Å². The molecule has 0 bridgehead atoms. The number of amides is 1. The number of hydrogen-bond donors (Lipinski definition) is 1. The topological polar surface area (TPSA) is 46.9 Å². The van der Waals surface area contributed by atoms with Gasteiger partial charge in [0.05, 0.1) is 23.1 Å². The number of aromatic nitrogens is 2. The number of thioether (sulfide) groups is 1. The van der Waals surface area contributed by atoms with Crippen LogP contribution in [0.15, 0.2) is 71.8 Å². The smallest absolute Gasteiger partial charge is 0.254 e. The SMILES string of the molecule is Cc1c(C(=O)NCCSc2ccccc2)cnn1-c1ccccc1. The molecule has 3 aromatic rings. The second-order valence-electron chi connectivity index (χ2n) is 5.31. The van der Waals surface area contributed by atoms with E-state index in [4.69, 9.17) is 0 Å². The second-order valence-corrected chi connectivity index (χ2v) is 6.48. The molecule has 24 heavy (non-hydrogen) atoms. The summed E-state index contributed by atoms with van der Waals surface area (Å²) in [7, 11) is 0. The lowest BCUT2D eigenvalue weighted by Crippen LogP contribution is -2.26. The molecule has 5 heteroatoms. The number of nitrogens with one attached hydrogen (secondary N) is 1. The Morgan fingerprint density at radius 2 is 1.75 bits per heavy atom. The van der Waals surface area contributed by atoms with Crippen LogP contribution in [-0.2, 0) is 0 Å². The van der Waals surface area contributed by atoms with E-state index in [1.54, 1.807) is 22.6 Å². The fourth-order valence-corrected chi connectivity index (χ4v) is 3.20. The normalized spacial score (nSPS) is 10.5. The van der Waals surface area contributed by atoms with Gasteiger partial charge >= 0.3 is 0 Å². The van der Waals surface area contributed by atoms with Crippen molar-refractivity contribution in [2.45, 2.75) is 11.8 Å². The van der Waals surface area contributed by atoms with Crippen molar-refractivity contribution in [3.05, 3.63) is 78.1 Å². The molecular weight excluding hydrogens is 318 g/mol. The summed E-state index contributed by atoms with van der Waals surface area (Å²) in [6.07, 6.45) is 1.63. The van der Waals surface area contributed by atoms with E-state index in [9.17, 15) is 4.79 Å². The predicted octanol–water partition coefficient (Wildman–Crippen LogP) is 3.70. The fraction of sp³-hybridized carbons (Fsp3) is 0.158. The molecule has 1 heterocycles. The highest BCUT2D eigenvalue weighted by molar-refractivity contribution is 7.99. The van der Waals surface area contributed by atoms with Gasteiger partial charge in [0.1, 0.15) is 0 Å². The van der Waals surface area contributed by atoms with Crippen molar-refractivity contribution in [2.75, 3.05) is 12.3 Å². The Morgan fingerprint density at radius 1 is 1.08 bits per heavy atom. The third-order valence-corrected chi connectivity index (χ3v) is 4.67. The van der Waals surface area contributed by atoms with Crippen LogP contribution in [-0.4, -0.2) is 28.0 Å². The van der Waals surface area contributed by atoms with Crippen LogP contribution in [0.2, 0.25) is 0 Å². The number of benzene rings is 2. The molecule has 0 spiro atoms. The van der Waals surface area contributed by atoms with Crippen LogP contribution in [0.3, 0.4) is 0 Å². The summed E-state index contributed by atoms with van der Waals surface area (Å²) >= 11 is 1.73. The van der Waals surface area contributed by atoms with Crippen molar-refractivity contribution in [3.8, 4) is 5.69 Å². The highest BCUT2D eigenvalue weighted by atomic mass is 32.2. The Bertz CT molecular complexity index is 800. The van der Waals surface area contributed by atoms with Gasteiger partial charge in [-0.3, -0.25) is 4.79 Å². The summed E-state index contributed by atoms with van der Waals surface area (Å²) < 4.78 is 1.79. The zero-order chi connectivity index (χ0) is 16.8. The zero-order valence-electron chi connectivity index (χ0n) is 13.5. The average molecular weight is 337 g/mol. The third-order valence-electron chi connectivity index (χ3n) is 3.65. The third kappa shape index (κ3) is 3.86. The number of rotatable bonds is 6. The van der Waals surface area contributed by atoms with Crippen molar-refractivity contribution < 1.29 is 4.79 Å². The van der Waals surface area contributed by atoms with Gasteiger partial charge in [0.15, 0.2) is 0 Å². The van der Waals surface area contributed by atoms with Gasteiger partial charge in [-0.1, -0.05) is 36.4 Å². The maximum absolute atomic E-state index is 12.3. The van der Waals surface area contributed by atoms with Gasteiger partial charge in [-0.15, -0.1) is 11.8 Å². The molecule has 2 aromatic carbocycles. The molecule has 1 aromatic heterocycles. The highest BCUT2D eigenvalue weighted by Gasteiger charge is 2.14. The van der Waals surface area contributed by atoms with Crippen molar-refractivity contribution in [1.29, 1.82) is 0 Å².